The predicted molar refractivity (Wildman–Crippen MR) is 116 cm³/mol. The van der Waals surface area contributed by atoms with E-state index >= 15 is 0 Å². The molecule has 0 bridgehead atoms. The lowest BCUT2D eigenvalue weighted by Gasteiger charge is -2.24. The Morgan fingerprint density at radius 1 is 1.32 bits per heavy atom. The highest BCUT2D eigenvalue weighted by molar-refractivity contribution is 7.71. The number of carbonyl (C=O) groups is 1. The number of rotatable bonds is 8. The molecule has 1 atom stereocenters. The van der Waals surface area contributed by atoms with E-state index in [1.54, 1.807) is 11.3 Å². The first-order valence-electron chi connectivity index (χ1n) is 9.13. The number of thiophene rings is 1. The topological polar surface area (TPSA) is 66.0 Å². The summed E-state index contributed by atoms with van der Waals surface area (Å²) in [6, 6.07) is 10.4. The van der Waals surface area contributed by atoms with Crippen LogP contribution in [0.1, 0.15) is 23.6 Å². The van der Waals surface area contributed by atoms with Crippen molar-refractivity contribution in [1.82, 2.24) is 25.0 Å². The van der Waals surface area contributed by atoms with Crippen molar-refractivity contribution in [3.63, 3.8) is 0 Å². The Morgan fingerprint density at radius 2 is 2.07 bits per heavy atom. The first kappa shape index (κ1) is 20.4. The summed E-state index contributed by atoms with van der Waals surface area (Å²) >= 11 is 7.02. The van der Waals surface area contributed by atoms with Gasteiger partial charge in [0.2, 0.25) is 5.91 Å². The molecule has 148 valence electrons. The van der Waals surface area contributed by atoms with Gasteiger partial charge in [-0.3, -0.25) is 14.5 Å². The van der Waals surface area contributed by atoms with Crippen molar-refractivity contribution in [3.8, 4) is 11.4 Å². The van der Waals surface area contributed by atoms with E-state index in [0.29, 0.717) is 24.3 Å². The van der Waals surface area contributed by atoms with E-state index in [-0.39, 0.29) is 11.9 Å². The fourth-order valence-corrected chi connectivity index (χ4v) is 3.95. The van der Waals surface area contributed by atoms with Gasteiger partial charge in [-0.25, -0.2) is 0 Å². The van der Waals surface area contributed by atoms with Gasteiger partial charge in [-0.1, -0.05) is 29.8 Å². The van der Waals surface area contributed by atoms with Gasteiger partial charge in [0.25, 0.3) is 0 Å². The number of hydrogen-bond donors (Lipinski definition) is 2. The SMILES string of the molecule is Cc1ccc(-c2n[nH]c(=S)n2CCC(=O)NCC(c2ccsc2)N(C)C)cc1. The normalized spacial score (nSPS) is 12.3. The van der Waals surface area contributed by atoms with Crippen molar-refractivity contribution in [2.45, 2.75) is 25.9 Å². The Labute approximate surface area is 174 Å². The number of H-pyrrole nitrogens is 1. The number of nitrogens with one attached hydrogen (secondary N) is 2. The molecule has 1 aromatic carbocycles. The lowest BCUT2D eigenvalue weighted by Crippen LogP contribution is -2.34. The van der Waals surface area contributed by atoms with Crippen LogP contribution in [0.25, 0.3) is 11.4 Å². The van der Waals surface area contributed by atoms with E-state index in [0.717, 1.165) is 11.4 Å². The van der Waals surface area contributed by atoms with E-state index in [1.165, 1.54) is 11.1 Å². The molecule has 3 rings (SSSR count). The van der Waals surface area contributed by atoms with Gasteiger partial charge in [-0.05, 0) is 55.6 Å². The highest BCUT2D eigenvalue weighted by atomic mass is 32.1. The molecule has 2 heterocycles. The van der Waals surface area contributed by atoms with E-state index < -0.39 is 0 Å². The van der Waals surface area contributed by atoms with Crippen LogP contribution in [-0.4, -0.2) is 46.2 Å². The molecule has 0 saturated heterocycles. The number of aromatic nitrogens is 3. The highest BCUT2D eigenvalue weighted by Gasteiger charge is 2.16. The number of nitrogens with zero attached hydrogens (tertiary/aromatic N) is 3. The van der Waals surface area contributed by atoms with Gasteiger partial charge in [0, 0.05) is 25.1 Å². The van der Waals surface area contributed by atoms with E-state index in [4.69, 9.17) is 12.2 Å². The lowest BCUT2D eigenvalue weighted by molar-refractivity contribution is -0.121. The molecule has 28 heavy (non-hydrogen) atoms. The molecule has 1 unspecified atom stereocenters. The Balaban J connectivity index is 1.61. The van der Waals surface area contributed by atoms with Gasteiger partial charge in [0.1, 0.15) is 0 Å². The largest absolute Gasteiger partial charge is 0.354 e. The van der Waals surface area contributed by atoms with Crippen LogP contribution in [-0.2, 0) is 11.3 Å². The maximum Gasteiger partial charge on any atom is 0.221 e. The Morgan fingerprint density at radius 3 is 2.71 bits per heavy atom. The quantitative estimate of drug-likeness (QED) is 0.550. The van der Waals surface area contributed by atoms with Gasteiger partial charge in [0.15, 0.2) is 10.6 Å². The second-order valence-electron chi connectivity index (χ2n) is 6.96. The van der Waals surface area contributed by atoms with Crippen LogP contribution in [0, 0.1) is 11.7 Å². The van der Waals surface area contributed by atoms with Crippen LogP contribution in [0.3, 0.4) is 0 Å². The van der Waals surface area contributed by atoms with Gasteiger partial charge >= 0.3 is 0 Å². The molecule has 1 amide bonds. The first-order chi connectivity index (χ1) is 13.5. The number of aromatic amines is 1. The Hall–Kier alpha value is -2.29. The predicted octanol–water partition coefficient (Wildman–Crippen LogP) is 3.79. The smallest absolute Gasteiger partial charge is 0.221 e. The van der Waals surface area contributed by atoms with Crippen LogP contribution in [0.2, 0.25) is 0 Å². The third-order valence-corrected chi connectivity index (χ3v) is 5.69. The van der Waals surface area contributed by atoms with Crippen LogP contribution in [0.4, 0.5) is 0 Å². The molecular weight excluding hydrogens is 390 g/mol. The minimum Gasteiger partial charge on any atom is -0.354 e. The van der Waals surface area contributed by atoms with Crippen molar-refractivity contribution in [2.75, 3.05) is 20.6 Å². The summed E-state index contributed by atoms with van der Waals surface area (Å²) < 4.78 is 2.40. The monoisotopic (exact) mass is 415 g/mol. The van der Waals surface area contributed by atoms with Gasteiger partial charge in [0.05, 0.1) is 6.04 Å². The van der Waals surface area contributed by atoms with Crippen LogP contribution < -0.4 is 5.32 Å². The van der Waals surface area contributed by atoms with E-state index in [9.17, 15) is 4.79 Å². The highest BCUT2D eigenvalue weighted by Crippen LogP contribution is 2.20. The minimum absolute atomic E-state index is 0.0000331. The second-order valence-corrected chi connectivity index (χ2v) is 8.13. The second kappa shape index (κ2) is 9.27. The van der Waals surface area contributed by atoms with Crippen LogP contribution in [0.5, 0.6) is 0 Å². The summed E-state index contributed by atoms with van der Waals surface area (Å²) in [5.74, 6) is 0.752. The first-order valence-corrected chi connectivity index (χ1v) is 10.5. The van der Waals surface area contributed by atoms with Crippen LogP contribution in [0.15, 0.2) is 41.1 Å². The molecule has 0 saturated carbocycles. The zero-order valence-electron chi connectivity index (χ0n) is 16.3. The third kappa shape index (κ3) is 4.95. The number of aryl methyl sites for hydroxylation is 1. The molecule has 2 N–H and O–H groups in total. The van der Waals surface area contributed by atoms with Gasteiger partial charge in [-0.15, -0.1) is 0 Å². The average Bonchev–Trinajstić information content (AvgIpc) is 3.31. The number of amides is 1. The maximum absolute atomic E-state index is 12.4. The van der Waals surface area contributed by atoms with Crippen molar-refractivity contribution in [2.24, 2.45) is 0 Å². The summed E-state index contributed by atoms with van der Waals surface area (Å²) in [7, 11) is 4.04. The molecular formula is C20H25N5OS2. The van der Waals surface area contributed by atoms with Crippen molar-refractivity contribution >= 4 is 29.5 Å². The standard InChI is InChI=1S/C20H25N5OS2/c1-14-4-6-15(7-5-14)19-22-23-20(27)25(19)10-8-18(26)21-12-17(24(2)3)16-9-11-28-13-16/h4-7,9,11,13,17H,8,10,12H2,1-3H3,(H,21,26)(H,23,27). The molecule has 6 nitrogen and oxygen atoms in total. The number of benzene rings is 1. The minimum atomic E-state index is 0.0000331. The summed E-state index contributed by atoms with van der Waals surface area (Å²) in [4.78, 5) is 14.5. The zero-order valence-corrected chi connectivity index (χ0v) is 17.9. The molecule has 0 radical (unpaired) electrons. The van der Waals surface area contributed by atoms with Gasteiger partial charge < -0.3 is 10.2 Å². The molecule has 2 aromatic heterocycles. The molecule has 8 heteroatoms. The fraction of sp³-hybridized carbons (Fsp3) is 0.350. The Bertz CT molecular complexity index is 957. The fourth-order valence-electron chi connectivity index (χ4n) is 3.02. The van der Waals surface area contributed by atoms with Crippen molar-refractivity contribution in [3.05, 3.63) is 57.0 Å². The zero-order chi connectivity index (χ0) is 20.1. The van der Waals surface area contributed by atoms with Crippen LogP contribution >= 0.6 is 23.6 Å². The summed E-state index contributed by atoms with van der Waals surface area (Å²) in [6.45, 7) is 3.10. The number of hydrogen-bond acceptors (Lipinski definition) is 5. The van der Waals surface area contributed by atoms with Crippen molar-refractivity contribution < 1.29 is 4.79 Å². The third-order valence-electron chi connectivity index (χ3n) is 4.67. The summed E-state index contributed by atoms with van der Waals surface area (Å²) in [6.07, 6.45) is 0.344. The summed E-state index contributed by atoms with van der Waals surface area (Å²) in [5.41, 5.74) is 3.38. The van der Waals surface area contributed by atoms with Gasteiger partial charge in [-0.2, -0.15) is 16.4 Å². The molecule has 0 aliphatic heterocycles. The Kier molecular flexibility index (Phi) is 6.77. The van der Waals surface area contributed by atoms with Crippen molar-refractivity contribution in [1.29, 1.82) is 0 Å². The average molecular weight is 416 g/mol. The molecule has 0 aliphatic carbocycles. The molecule has 3 aromatic rings. The maximum atomic E-state index is 12.4. The summed E-state index contributed by atoms with van der Waals surface area (Å²) in [5, 5.41) is 14.4. The van der Waals surface area contributed by atoms with E-state index in [2.05, 4.69) is 37.2 Å². The lowest BCUT2D eigenvalue weighted by atomic mass is 10.1. The number of carbonyl (C=O) groups excluding carboxylic acids is 1. The molecule has 0 aliphatic rings. The molecule has 0 fully saturated rings. The number of likely N-dealkylation sites (N-methyl/N-ethyl adjacent to an activating group) is 1. The van der Waals surface area contributed by atoms with E-state index in [1.807, 2.05) is 49.9 Å². The molecule has 0 spiro atoms.